The second-order valence-corrected chi connectivity index (χ2v) is 6.87. The Morgan fingerprint density at radius 1 is 1.18 bits per heavy atom. The summed E-state index contributed by atoms with van der Waals surface area (Å²) in [6, 6.07) is 15.8. The fraction of sp³-hybridized carbons (Fsp3) is 0.227. The number of halogens is 1. The quantitative estimate of drug-likeness (QED) is 0.705. The third kappa shape index (κ3) is 4.62. The average Bonchev–Trinajstić information content (AvgIpc) is 3.11. The van der Waals surface area contributed by atoms with Crippen molar-refractivity contribution in [3.63, 3.8) is 0 Å². The van der Waals surface area contributed by atoms with E-state index in [9.17, 15) is 4.79 Å². The van der Waals surface area contributed by atoms with Crippen molar-refractivity contribution in [1.82, 2.24) is 15.2 Å². The Morgan fingerprint density at radius 2 is 1.96 bits per heavy atom. The smallest absolute Gasteiger partial charge is 0.251 e. The van der Waals surface area contributed by atoms with Crippen LogP contribution in [0.25, 0.3) is 16.5 Å². The molecule has 0 atom stereocenters. The first-order chi connectivity index (χ1) is 12.7. The van der Waals surface area contributed by atoms with Crippen molar-refractivity contribution in [2.45, 2.75) is 13.0 Å². The molecule has 0 saturated heterocycles. The summed E-state index contributed by atoms with van der Waals surface area (Å²) in [6.07, 6.45) is 5.38. The number of H-pyrrole nitrogens is 1. The van der Waals surface area contributed by atoms with Crippen LogP contribution in [0, 0.1) is 0 Å². The van der Waals surface area contributed by atoms with Gasteiger partial charge in [-0.3, -0.25) is 4.79 Å². The third-order valence-electron chi connectivity index (χ3n) is 5.00. The number of carbonyl (C=O) groups excluding carboxylic acids is 1. The van der Waals surface area contributed by atoms with Gasteiger partial charge in [-0.05, 0) is 42.8 Å². The largest absolute Gasteiger partial charge is 0.412 e. The SMILES string of the molecule is CN1CC=C(c2c[nH]c3ccc(C(=O)NCc4ccccc4)cc23)CC1.Cl.O. The molecule has 1 aliphatic heterocycles. The van der Waals surface area contributed by atoms with E-state index >= 15 is 0 Å². The predicted molar refractivity (Wildman–Crippen MR) is 117 cm³/mol. The number of carbonyl (C=O) groups is 1. The third-order valence-corrected chi connectivity index (χ3v) is 5.00. The summed E-state index contributed by atoms with van der Waals surface area (Å²) < 4.78 is 0. The monoisotopic (exact) mass is 399 g/mol. The number of likely N-dealkylation sites (N-methyl/N-ethyl adjacent to an activating group) is 1. The molecule has 5 nitrogen and oxygen atoms in total. The van der Waals surface area contributed by atoms with Gasteiger partial charge in [-0.1, -0.05) is 36.4 Å². The number of hydrogen-bond acceptors (Lipinski definition) is 2. The molecular weight excluding hydrogens is 374 g/mol. The number of hydrogen-bond donors (Lipinski definition) is 2. The molecule has 28 heavy (non-hydrogen) atoms. The van der Waals surface area contributed by atoms with Crippen LogP contribution in [-0.2, 0) is 6.54 Å². The molecule has 0 bridgehead atoms. The number of aromatic nitrogens is 1. The maximum Gasteiger partial charge on any atom is 0.251 e. The Bertz CT molecular complexity index is 966. The summed E-state index contributed by atoms with van der Waals surface area (Å²) in [5.41, 5.74) is 5.44. The summed E-state index contributed by atoms with van der Waals surface area (Å²) in [5.74, 6) is -0.0414. The van der Waals surface area contributed by atoms with Gasteiger partial charge in [0.1, 0.15) is 0 Å². The molecule has 0 unspecified atom stereocenters. The molecule has 4 N–H and O–H groups in total. The van der Waals surface area contributed by atoms with E-state index in [-0.39, 0.29) is 23.8 Å². The molecule has 4 rings (SSSR count). The van der Waals surface area contributed by atoms with Crippen molar-refractivity contribution in [3.8, 4) is 0 Å². The van der Waals surface area contributed by atoms with E-state index in [0.717, 1.165) is 36.0 Å². The Morgan fingerprint density at radius 3 is 2.68 bits per heavy atom. The Balaban J connectivity index is 0.00000140. The minimum Gasteiger partial charge on any atom is -0.412 e. The van der Waals surface area contributed by atoms with E-state index in [4.69, 9.17) is 0 Å². The van der Waals surface area contributed by atoms with Crippen LogP contribution in [-0.4, -0.2) is 41.4 Å². The van der Waals surface area contributed by atoms with E-state index in [1.165, 1.54) is 11.1 Å². The van der Waals surface area contributed by atoms with E-state index in [1.54, 1.807) is 0 Å². The van der Waals surface area contributed by atoms with E-state index < -0.39 is 0 Å². The number of fused-ring (bicyclic) bond motifs is 1. The zero-order valence-electron chi connectivity index (χ0n) is 15.9. The van der Waals surface area contributed by atoms with Crippen LogP contribution in [0.4, 0.5) is 0 Å². The standard InChI is InChI=1S/C22H23N3O.ClH.H2O/c1-25-11-9-17(10-12-25)20-15-23-21-8-7-18(13-19(20)21)22(26)24-14-16-5-3-2-4-6-16;;/h2-9,13,15,23H,10-12,14H2,1H3,(H,24,26);1H;1H2. The van der Waals surface area contributed by atoms with E-state index in [1.807, 2.05) is 48.5 Å². The van der Waals surface area contributed by atoms with Crippen LogP contribution >= 0.6 is 12.4 Å². The molecule has 0 saturated carbocycles. The highest BCUT2D eigenvalue weighted by atomic mass is 35.5. The van der Waals surface area contributed by atoms with Crippen LogP contribution in [0.15, 0.2) is 60.8 Å². The zero-order chi connectivity index (χ0) is 17.9. The van der Waals surface area contributed by atoms with Gasteiger partial charge in [0.05, 0.1) is 0 Å². The Hall–Kier alpha value is -2.60. The molecule has 2 aromatic carbocycles. The van der Waals surface area contributed by atoms with Crippen LogP contribution in [0.1, 0.15) is 27.9 Å². The maximum absolute atomic E-state index is 12.6. The molecule has 1 aliphatic rings. The number of benzene rings is 2. The van der Waals surface area contributed by atoms with Crippen molar-refractivity contribution in [2.75, 3.05) is 20.1 Å². The highest BCUT2D eigenvalue weighted by Crippen LogP contribution is 2.29. The highest BCUT2D eigenvalue weighted by molar-refractivity contribution is 6.01. The average molecular weight is 400 g/mol. The van der Waals surface area contributed by atoms with E-state index in [2.05, 4.69) is 34.5 Å². The zero-order valence-corrected chi connectivity index (χ0v) is 16.7. The maximum atomic E-state index is 12.6. The summed E-state index contributed by atoms with van der Waals surface area (Å²) in [6.45, 7) is 2.57. The minimum atomic E-state index is -0.0414. The molecule has 6 heteroatoms. The van der Waals surface area contributed by atoms with Gasteiger partial charge in [0.25, 0.3) is 5.91 Å². The number of rotatable bonds is 4. The normalized spacial score (nSPS) is 14.0. The van der Waals surface area contributed by atoms with E-state index in [0.29, 0.717) is 12.1 Å². The Kier molecular flexibility index (Phi) is 7.40. The van der Waals surface area contributed by atoms with Crippen molar-refractivity contribution < 1.29 is 10.3 Å². The number of aromatic amines is 1. The molecule has 0 radical (unpaired) electrons. The first kappa shape index (κ1) is 21.7. The molecule has 1 aromatic heterocycles. The van der Waals surface area contributed by atoms with Gasteiger partial charge in [0.2, 0.25) is 0 Å². The first-order valence-corrected chi connectivity index (χ1v) is 9.02. The predicted octanol–water partition coefficient (Wildman–Crippen LogP) is 3.41. The molecule has 148 valence electrons. The van der Waals surface area contributed by atoms with Gasteiger partial charge in [-0.2, -0.15) is 0 Å². The summed E-state index contributed by atoms with van der Waals surface area (Å²) in [7, 11) is 2.14. The van der Waals surface area contributed by atoms with Crippen LogP contribution in [0.3, 0.4) is 0 Å². The lowest BCUT2D eigenvalue weighted by molar-refractivity contribution is 0.0951. The van der Waals surface area contributed by atoms with Gasteiger partial charge in [-0.15, -0.1) is 12.4 Å². The summed E-state index contributed by atoms with van der Waals surface area (Å²) in [4.78, 5) is 18.2. The van der Waals surface area contributed by atoms with Gasteiger partial charge < -0.3 is 20.7 Å². The number of amides is 1. The molecule has 0 spiro atoms. The van der Waals surface area contributed by atoms with Crippen molar-refractivity contribution >= 4 is 34.8 Å². The lowest BCUT2D eigenvalue weighted by Gasteiger charge is -2.21. The number of nitrogens with zero attached hydrogens (tertiary/aromatic N) is 1. The molecule has 2 heterocycles. The second kappa shape index (κ2) is 9.55. The molecule has 3 aromatic rings. The summed E-state index contributed by atoms with van der Waals surface area (Å²) in [5, 5.41) is 4.13. The minimum absolute atomic E-state index is 0. The fourth-order valence-corrected chi connectivity index (χ4v) is 3.42. The molecule has 1 amide bonds. The highest BCUT2D eigenvalue weighted by Gasteiger charge is 2.15. The fourth-order valence-electron chi connectivity index (χ4n) is 3.42. The van der Waals surface area contributed by atoms with Gasteiger partial charge in [-0.25, -0.2) is 0 Å². The number of nitrogens with one attached hydrogen (secondary N) is 2. The molecule has 0 aliphatic carbocycles. The lowest BCUT2D eigenvalue weighted by Crippen LogP contribution is -2.23. The lowest BCUT2D eigenvalue weighted by atomic mass is 9.98. The Labute approximate surface area is 171 Å². The first-order valence-electron chi connectivity index (χ1n) is 9.02. The van der Waals surface area contributed by atoms with Gasteiger partial charge in [0.15, 0.2) is 0 Å². The van der Waals surface area contributed by atoms with Crippen LogP contribution < -0.4 is 5.32 Å². The van der Waals surface area contributed by atoms with Crippen LogP contribution in [0.2, 0.25) is 0 Å². The van der Waals surface area contributed by atoms with Crippen LogP contribution in [0.5, 0.6) is 0 Å². The van der Waals surface area contributed by atoms with Crippen molar-refractivity contribution in [3.05, 3.63) is 77.5 Å². The molecular formula is C22H26ClN3O2. The van der Waals surface area contributed by atoms with Gasteiger partial charge >= 0.3 is 0 Å². The van der Waals surface area contributed by atoms with Gasteiger partial charge in [0, 0.05) is 47.9 Å². The van der Waals surface area contributed by atoms with Crippen molar-refractivity contribution in [1.29, 1.82) is 0 Å². The second-order valence-electron chi connectivity index (χ2n) is 6.87. The van der Waals surface area contributed by atoms with Crippen molar-refractivity contribution in [2.24, 2.45) is 0 Å². The topological polar surface area (TPSA) is 79.6 Å². The molecule has 0 fully saturated rings. The summed E-state index contributed by atoms with van der Waals surface area (Å²) >= 11 is 0.